The van der Waals surface area contributed by atoms with Gasteiger partial charge < -0.3 is 15.8 Å². The third-order valence-electron chi connectivity index (χ3n) is 2.56. The SMILES string of the molecule is CNc1ccccc1.NC(=O)CCCCCCC=O. The Labute approximate surface area is 115 Å². The Bertz CT molecular complexity index is 339. The first kappa shape index (κ1) is 17.2. The Morgan fingerprint density at radius 3 is 2.26 bits per heavy atom. The molecule has 4 heteroatoms. The molecular weight excluding hydrogens is 240 g/mol. The number of carbonyl (C=O) groups is 2. The summed E-state index contributed by atoms with van der Waals surface area (Å²) in [5, 5.41) is 3.03. The standard InChI is InChI=1S/C8H15NO2.C7H9N/c9-8(11)6-4-2-1-3-5-7-10;1-8-7-5-3-2-4-6-7/h7H,1-6H2,(H2,9,11);2-6,8H,1H3. The lowest BCUT2D eigenvalue weighted by Gasteiger charge is -1.95. The maximum absolute atomic E-state index is 10.3. The molecule has 0 bridgehead atoms. The summed E-state index contributed by atoms with van der Waals surface area (Å²) in [5.74, 6) is -0.236. The Kier molecular flexibility index (Phi) is 11.4. The summed E-state index contributed by atoms with van der Waals surface area (Å²) in [6.07, 6.45) is 5.84. The molecule has 1 amide bonds. The molecule has 1 aromatic rings. The molecule has 0 spiro atoms. The molecule has 1 aromatic carbocycles. The van der Waals surface area contributed by atoms with Gasteiger partial charge in [0.15, 0.2) is 0 Å². The van der Waals surface area contributed by atoms with Gasteiger partial charge in [0.2, 0.25) is 5.91 Å². The minimum atomic E-state index is -0.236. The van der Waals surface area contributed by atoms with Crippen molar-refractivity contribution in [3.05, 3.63) is 30.3 Å². The first-order valence-electron chi connectivity index (χ1n) is 6.65. The molecule has 0 unspecified atom stereocenters. The van der Waals surface area contributed by atoms with Crippen molar-refractivity contribution in [3.63, 3.8) is 0 Å². The summed E-state index contributed by atoms with van der Waals surface area (Å²) >= 11 is 0. The maximum Gasteiger partial charge on any atom is 0.217 e. The van der Waals surface area contributed by atoms with E-state index in [1.54, 1.807) is 0 Å². The van der Waals surface area contributed by atoms with Gasteiger partial charge in [0.25, 0.3) is 0 Å². The molecule has 0 aliphatic carbocycles. The molecule has 0 saturated heterocycles. The van der Waals surface area contributed by atoms with Crippen molar-refractivity contribution in [2.45, 2.75) is 38.5 Å². The van der Waals surface area contributed by atoms with Gasteiger partial charge in [-0.3, -0.25) is 4.79 Å². The molecule has 4 nitrogen and oxygen atoms in total. The van der Waals surface area contributed by atoms with Crippen LogP contribution >= 0.6 is 0 Å². The zero-order chi connectivity index (χ0) is 14.3. The predicted molar refractivity (Wildman–Crippen MR) is 78.9 cm³/mol. The largest absolute Gasteiger partial charge is 0.388 e. The van der Waals surface area contributed by atoms with Crippen molar-refractivity contribution in [1.82, 2.24) is 0 Å². The zero-order valence-corrected chi connectivity index (χ0v) is 11.6. The molecule has 1 rings (SSSR count). The number of para-hydroxylation sites is 1. The van der Waals surface area contributed by atoms with Crippen LogP contribution in [0.2, 0.25) is 0 Å². The number of aldehydes is 1. The summed E-state index contributed by atoms with van der Waals surface area (Å²) in [7, 11) is 1.91. The van der Waals surface area contributed by atoms with Crippen molar-refractivity contribution in [3.8, 4) is 0 Å². The van der Waals surface area contributed by atoms with E-state index in [0.29, 0.717) is 12.8 Å². The minimum Gasteiger partial charge on any atom is -0.388 e. The van der Waals surface area contributed by atoms with Crippen LogP contribution in [0.4, 0.5) is 5.69 Å². The van der Waals surface area contributed by atoms with Crippen LogP contribution in [0.15, 0.2) is 30.3 Å². The molecule has 106 valence electrons. The van der Waals surface area contributed by atoms with Crippen LogP contribution < -0.4 is 11.1 Å². The monoisotopic (exact) mass is 264 g/mol. The fourth-order valence-electron chi connectivity index (χ4n) is 1.49. The van der Waals surface area contributed by atoms with E-state index in [4.69, 9.17) is 5.73 Å². The number of amides is 1. The van der Waals surface area contributed by atoms with Crippen LogP contribution in [0.1, 0.15) is 38.5 Å². The van der Waals surface area contributed by atoms with E-state index in [1.807, 2.05) is 37.4 Å². The molecule has 0 fully saturated rings. The molecule has 19 heavy (non-hydrogen) atoms. The molecule has 0 saturated carbocycles. The van der Waals surface area contributed by atoms with Gasteiger partial charge in [-0.05, 0) is 25.0 Å². The van der Waals surface area contributed by atoms with Gasteiger partial charge in [0.05, 0.1) is 0 Å². The molecule has 0 heterocycles. The van der Waals surface area contributed by atoms with Gasteiger partial charge >= 0.3 is 0 Å². The van der Waals surface area contributed by atoms with Gasteiger partial charge in [-0.2, -0.15) is 0 Å². The smallest absolute Gasteiger partial charge is 0.217 e. The van der Waals surface area contributed by atoms with E-state index in [2.05, 4.69) is 5.32 Å². The van der Waals surface area contributed by atoms with Crippen molar-refractivity contribution in [2.24, 2.45) is 5.73 Å². The number of benzene rings is 1. The highest BCUT2D eigenvalue weighted by molar-refractivity contribution is 5.73. The summed E-state index contributed by atoms with van der Waals surface area (Å²) in [4.78, 5) is 20.1. The van der Waals surface area contributed by atoms with Gasteiger partial charge in [-0.1, -0.05) is 31.0 Å². The number of hydrogen-bond donors (Lipinski definition) is 2. The number of anilines is 1. The Balaban J connectivity index is 0.000000356. The summed E-state index contributed by atoms with van der Waals surface area (Å²) in [6.45, 7) is 0. The summed E-state index contributed by atoms with van der Waals surface area (Å²) in [6, 6.07) is 10.1. The van der Waals surface area contributed by atoms with E-state index in [1.165, 1.54) is 0 Å². The lowest BCUT2D eigenvalue weighted by Crippen LogP contribution is -2.09. The van der Waals surface area contributed by atoms with Gasteiger partial charge in [-0.15, -0.1) is 0 Å². The highest BCUT2D eigenvalue weighted by Crippen LogP contribution is 2.03. The lowest BCUT2D eigenvalue weighted by molar-refractivity contribution is -0.118. The normalized spacial score (nSPS) is 9.11. The second-order valence-corrected chi connectivity index (χ2v) is 4.20. The van der Waals surface area contributed by atoms with E-state index in [0.717, 1.165) is 37.7 Å². The maximum atomic E-state index is 10.3. The quantitative estimate of drug-likeness (QED) is 0.560. The van der Waals surface area contributed by atoms with Gasteiger partial charge in [0.1, 0.15) is 6.29 Å². The third-order valence-corrected chi connectivity index (χ3v) is 2.56. The minimum absolute atomic E-state index is 0.236. The fourth-order valence-corrected chi connectivity index (χ4v) is 1.49. The average Bonchev–Trinajstić information content (AvgIpc) is 2.44. The van der Waals surface area contributed by atoms with Crippen LogP contribution in [0, 0.1) is 0 Å². The zero-order valence-electron chi connectivity index (χ0n) is 11.6. The van der Waals surface area contributed by atoms with Crippen LogP contribution in [0.3, 0.4) is 0 Å². The van der Waals surface area contributed by atoms with Crippen LogP contribution in [0.5, 0.6) is 0 Å². The first-order valence-corrected chi connectivity index (χ1v) is 6.65. The van der Waals surface area contributed by atoms with Crippen LogP contribution in [-0.4, -0.2) is 19.2 Å². The number of rotatable bonds is 8. The number of nitrogens with two attached hydrogens (primary N) is 1. The van der Waals surface area contributed by atoms with Crippen molar-refractivity contribution < 1.29 is 9.59 Å². The molecule has 0 aromatic heterocycles. The summed E-state index contributed by atoms with van der Waals surface area (Å²) < 4.78 is 0. The van der Waals surface area contributed by atoms with Crippen molar-refractivity contribution >= 4 is 17.9 Å². The summed E-state index contributed by atoms with van der Waals surface area (Å²) in [5.41, 5.74) is 6.10. The lowest BCUT2D eigenvalue weighted by atomic mass is 10.1. The number of nitrogens with one attached hydrogen (secondary N) is 1. The highest BCUT2D eigenvalue weighted by atomic mass is 16.1. The number of unbranched alkanes of at least 4 members (excludes halogenated alkanes) is 4. The van der Waals surface area contributed by atoms with Crippen LogP contribution in [0.25, 0.3) is 0 Å². The second-order valence-electron chi connectivity index (χ2n) is 4.20. The second kappa shape index (κ2) is 12.6. The molecule has 0 atom stereocenters. The van der Waals surface area contributed by atoms with E-state index in [-0.39, 0.29) is 5.91 Å². The fraction of sp³-hybridized carbons (Fsp3) is 0.467. The van der Waals surface area contributed by atoms with Crippen molar-refractivity contribution in [1.29, 1.82) is 0 Å². The number of primary amides is 1. The Morgan fingerprint density at radius 1 is 1.16 bits per heavy atom. The van der Waals surface area contributed by atoms with Gasteiger partial charge in [0, 0.05) is 25.6 Å². The molecule has 3 N–H and O–H groups in total. The molecule has 0 aliphatic rings. The Hall–Kier alpha value is -1.84. The average molecular weight is 264 g/mol. The number of carbonyl (C=O) groups excluding carboxylic acids is 2. The topological polar surface area (TPSA) is 72.2 Å². The third kappa shape index (κ3) is 12.4. The first-order chi connectivity index (χ1) is 9.20. The number of hydrogen-bond acceptors (Lipinski definition) is 3. The Morgan fingerprint density at radius 2 is 1.79 bits per heavy atom. The predicted octanol–water partition coefficient (Wildman–Crippen LogP) is 2.74. The molecule has 0 radical (unpaired) electrons. The van der Waals surface area contributed by atoms with Crippen molar-refractivity contribution in [2.75, 3.05) is 12.4 Å². The van der Waals surface area contributed by atoms with Crippen LogP contribution in [-0.2, 0) is 9.59 Å². The van der Waals surface area contributed by atoms with E-state index >= 15 is 0 Å². The molecule has 0 aliphatic heterocycles. The highest BCUT2D eigenvalue weighted by Gasteiger charge is 1.93. The van der Waals surface area contributed by atoms with E-state index in [9.17, 15) is 9.59 Å². The molecular formula is C15H24N2O2. The van der Waals surface area contributed by atoms with E-state index < -0.39 is 0 Å². The van der Waals surface area contributed by atoms with Gasteiger partial charge in [-0.25, -0.2) is 0 Å².